The summed E-state index contributed by atoms with van der Waals surface area (Å²) in [6.45, 7) is 0. The summed E-state index contributed by atoms with van der Waals surface area (Å²) in [5, 5.41) is 10.1. The Hall–Kier alpha value is -2.55. The minimum Gasteiger partial charge on any atom is -0.508 e. The molecule has 0 radical (unpaired) electrons. The number of furan rings is 1. The summed E-state index contributed by atoms with van der Waals surface area (Å²) in [6.07, 6.45) is 2.39. The Labute approximate surface area is 103 Å². The zero-order valence-electron chi connectivity index (χ0n) is 9.46. The summed E-state index contributed by atoms with van der Waals surface area (Å²) in [5.74, 6) is 0.221. The van der Waals surface area contributed by atoms with Gasteiger partial charge in [-0.15, -0.1) is 0 Å². The van der Waals surface area contributed by atoms with Crippen LogP contribution in [0.2, 0.25) is 0 Å². The number of aldehydes is 1. The highest BCUT2D eigenvalue weighted by Crippen LogP contribution is 2.31. The van der Waals surface area contributed by atoms with Crippen LogP contribution < -0.4 is 0 Å². The lowest BCUT2D eigenvalue weighted by atomic mass is 10.0. The molecule has 0 saturated heterocycles. The third kappa shape index (κ3) is 1.57. The number of aromatic hydroxyl groups is 1. The van der Waals surface area contributed by atoms with Crippen LogP contribution in [-0.2, 0) is 0 Å². The van der Waals surface area contributed by atoms with Crippen LogP contribution in [-0.4, -0.2) is 11.4 Å². The number of rotatable bonds is 2. The third-order valence-corrected chi connectivity index (χ3v) is 2.96. The third-order valence-electron chi connectivity index (χ3n) is 2.96. The molecule has 3 rings (SSSR count). The maximum atomic E-state index is 10.9. The molecule has 0 spiro atoms. The molecular weight excluding hydrogens is 228 g/mol. The maximum Gasteiger partial charge on any atom is 0.150 e. The van der Waals surface area contributed by atoms with Crippen molar-refractivity contribution in [1.29, 1.82) is 0 Å². The average molecular weight is 238 g/mol. The Bertz CT molecular complexity index is 708. The van der Waals surface area contributed by atoms with Gasteiger partial charge >= 0.3 is 0 Å². The van der Waals surface area contributed by atoms with E-state index in [1.54, 1.807) is 30.5 Å². The van der Waals surface area contributed by atoms with Crippen LogP contribution in [0.5, 0.6) is 5.75 Å². The standard InChI is InChI=1S/C15H10O3/c16-9-11-3-6-13(15-14(11)7-8-18-15)10-1-4-12(17)5-2-10/h1-9,17H. The first-order chi connectivity index (χ1) is 8.79. The fraction of sp³-hybridized carbons (Fsp3) is 0. The molecule has 18 heavy (non-hydrogen) atoms. The molecule has 1 N–H and O–H groups in total. The number of hydrogen-bond acceptors (Lipinski definition) is 3. The Kier molecular flexibility index (Phi) is 2.38. The molecule has 0 aliphatic heterocycles. The molecule has 0 atom stereocenters. The first-order valence-corrected chi connectivity index (χ1v) is 5.54. The van der Waals surface area contributed by atoms with Crippen LogP contribution in [0.25, 0.3) is 22.1 Å². The molecule has 1 aromatic heterocycles. The van der Waals surface area contributed by atoms with E-state index < -0.39 is 0 Å². The van der Waals surface area contributed by atoms with Crippen molar-refractivity contribution in [3.05, 3.63) is 54.3 Å². The molecule has 0 saturated carbocycles. The van der Waals surface area contributed by atoms with Crippen LogP contribution >= 0.6 is 0 Å². The zero-order valence-corrected chi connectivity index (χ0v) is 9.46. The van der Waals surface area contributed by atoms with E-state index in [-0.39, 0.29) is 5.75 Å². The lowest BCUT2D eigenvalue weighted by Crippen LogP contribution is -1.84. The van der Waals surface area contributed by atoms with E-state index in [1.165, 1.54) is 0 Å². The van der Waals surface area contributed by atoms with E-state index in [0.717, 1.165) is 22.8 Å². The summed E-state index contributed by atoms with van der Waals surface area (Å²) >= 11 is 0. The number of carbonyl (C=O) groups is 1. The van der Waals surface area contributed by atoms with Crippen molar-refractivity contribution in [1.82, 2.24) is 0 Å². The molecule has 3 aromatic rings. The molecule has 0 aliphatic carbocycles. The molecule has 0 unspecified atom stereocenters. The van der Waals surface area contributed by atoms with E-state index in [9.17, 15) is 9.90 Å². The van der Waals surface area contributed by atoms with Crippen molar-refractivity contribution in [2.75, 3.05) is 0 Å². The van der Waals surface area contributed by atoms with Crippen molar-refractivity contribution >= 4 is 17.3 Å². The van der Waals surface area contributed by atoms with Gasteiger partial charge in [0.15, 0.2) is 6.29 Å². The minimum absolute atomic E-state index is 0.221. The van der Waals surface area contributed by atoms with E-state index in [0.29, 0.717) is 11.1 Å². The molecule has 1 heterocycles. The van der Waals surface area contributed by atoms with Crippen molar-refractivity contribution in [2.45, 2.75) is 0 Å². The molecule has 0 bridgehead atoms. The first-order valence-electron chi connectivity index (χ1n) is 5.54. The lowest BCUT2D eigenvalue weighted by Gasteiger charge is -2.04. The Morgan fingerprint density at radius 2 is 1.78 bits per heavy atom. The van der Waals surface area contributed by atoms with Gasteiger partial charge in [-0.05, 0) is 29.8 Å². The monoisotopic (exact) mass is 238 g/mol. The second-order valence-corrected chi connectivity index (χ2v) is 4.03. The van der Waals surface area contributed by atoms with Gasteiger partial charge in [-0.3, -0.25) is 4.79 Å². The van der Waals surface area contributed by atoms with Gasteiger partial charge in [-0.2, -0.15) is 0 Å². The van der Waals surface area contributed by atoms with Gasteiger partial charge in [-0.1, -0.05) is 18.2 Å². The highest BCUT2D eigenvalue weighted by molar-refractivity contribution is 6.02. The SMILES string of the molecule is O=Cc1ccc(-c2ccc(O)cc2)c2occc12. The van der Waals surface area contributed by atoms with Gasteiger partial charge in [0.25, 0.3) is 0 Å². The number of phenolic OH excluding ortho intramolecular Hbond substituents is 1. The quantitative estimate of drug-likeness (QED) is 0.694. The topological polar surface area (TPSA) is 50.4 Å². The van der Waals surface area contributed by atoms with Crippen LogP contribution in [0.15, 0.2) is 53.1 Å². The average Bonchev–Trinajstić information content (AvgIpc) is 2.88. The van der Waals surface area contributed by atoms with Crippen LogP contribution in [0, 0.1) is 0 Å². The zero-order chi connectivity index (χ0) is 12.5. The van der Waals surface area contributed by atoms with Gasteiger partial charge in [-0.25, -0.2) is 0 Å². The fourth-order valence-corrected chi connectivity index (χ4v) is 2.05. The predicted octanol–water partition coefficient (Wildman–Crippen LogP) is 3.62. The summed E-state index contributed by atoms with van der Waals surface area (Å²) in [4.78, 5) is 10.9. The van der Waals surface area contributed by atoms with Crippen molar-refractivity contribution in [3.8, 4) is 16.9 Å². The van der Waals surface area contributed by atoms with Crippen LogP contribution in [0.4, 0.5) is 0 Å². The van der Waals surface area contributed by atoms with Gasteiger partial charge in [0.05, 0.1) is 6.26 Å². The smallest absolute Gasteiger partial charge is 0.150 e. The minimum atomic E-state index is 0.221. The predicted molar refractivity (Wildman–Crippen MR) is 68.7 cm³/mol. The maximum absolute atomic E-state index is 10.9. The van der Waals surface area contributed by atoms with Crippen molar-refractivity contribution < 1.29 is 14.3 Å². The van der Waals surface area contributed by atoms with Gasteiger partial charge in [0.2, 0.25) is 0 Å². The number of benzene rings is 2. The summed E-state index contributed by atoms with van der Waals surface area (Å²) in [5.41, 5.74) is 3.14. The van der Waals surface area contributed by atoms with Crippen molar-refractivity contribution in [2.24, 2.45) is 0 Å². The Balaban J connectivity index is 2.27. The van der Waals surface area contributed by atoms with Gasteiger partial charge in [0.1, 0.15) is 11.3 Å². The molecule has 3 nitrogen and oxygen atoms in total. The number of fused-ring (bicyclic) bond motifs is 1. The number of hydrogen-bond donors (Lipinski definition) is 1. The molecule has 88 valence electrons. The molecule has 0 amide bonds. The highest BCUT2D eigenvalue weighted by atomic mass is 16.3. The van der Waals surface area contributed by atoms with E-state index >= 15 is 0 Å². The van der Waals surface area contributed by atoms with E-state index in [4.69, 9.17) is 4.42 Å². The fourth-order valence-electron chi connectivity index (χ4n) is 2.05. The lowest BCUT2D eigenvalue weighted by molar-refractivity contribution is 0.112. The highest BCUT2D eigenvalue weighted by Gasteiger charge is 2.10. The molecule has 3 heteroatoms. The summed E-state index contributed by atoms with van der Waals surface area (Å²) in [6, 6.07) is 12.3. The van der Waals surface area contributed by atoms with Crippen molar-refractivity contribution in [3.63, 3.8) is 0 Å². The number of phenols is 1. The van der Waals surface area contributed by atoms with E-state index in [1.807, 2.05) is 18.2 Å². The first kappa shape index (κ1) is 10.6. The summed E-state index contributed by atoms with van der Waals surface area (Å²) in [7, 11) is 0. The van der Waals surface area contributed by atoms with Gasteiger partial charge in [0, 0.05) is 16.5 Å². The molecule has 0 fully saturated rings. The molecule has 2 aromatic carbocycles. The van der Waals surface area contributed by atoms with Crippen LogP contribution in [0.1, 0.15) is 10.4 Å². The molecule has 0 aliphatic rings. The molecular formula is C15H10O3. The Morgan fingerprint density at radius 1 is 1.00 bits per heavy atom. The van der Waals surface area contributed by atoms with E-state index in [2.05, 4.69) is 0 Å². The summed E-state index contributed by atoms with van der Waals surface area (Å²) < 4.78 is 5.45. The second kappa shape index (κ2) is 4.04. The second-order valence-electron chi connectivity index (χ2n) is 4.03. The van der Waals surface area contributed by atoms with Crippen LogP contribution in [0.3, 0.4) is 0 Å². The normalized spacial score (nSPS) is 10.7. The Morgan fingerprint density at radius 3 is 2.50 bits per heavy atom. The largest absolute Gasteiger partial charge is 0.508 e. The van der Waals surface area contributed by atoms with Gasteiger partial charge < -0.3 is 9.52 Å². The number of carbonyl (C=O) groups excluding carboxylic acids is 1.